The van der Waals surface area contributed by atoms with Gasteiger partial charge in [0.15, 0.2) is 0 Å². The van der Waals surface area contributed by atoms with Crippen LogP contribution in [0.25, 0.3) is 0 Å². The summed E-state index contributed by atoms with van der Waals surface area (Å²) in [5.41, 5.74) is 5.59. The SMILES string of the molecule is Nc1ccc(S(=O)(=O)NCc2ccon2)cc1F. The van der Waals surface area contributed by atoms with Gasteiger partial charge >= 0.3 is 0 Å². The fraction of sp³-hybridized carbons (Fsp3) is 0.100. The van der Waals surface area contributed by atoms with Crippen molar-refractivity contribution in [2.45, 2.75) is 11.4 Å². The molecule has 1 heterocycles. The molecule has 2 rings (SSSR count). The van der Waals surface area contributed by atoms with Crippen LogP contribution in [0.15, 0.2) is 39.9 Å². The molecule has 0 unspecified atom stereocenters. The average Bonchev–Trinajstić information content (AvgIpc) is 2.83. The molecule has 96 valence electrons. The number of hydrogen-bond acceptors (Lipinski definition) is 5. The van der Waals surface area contributed by atoms with Gasteiger partial charge in [-0.3, -0.25) is 0 Å². The van der Waals surface area contributed by atoms with E-state index in [2.05, 4.69) is 14.4 Å². The van der Waals surface area contributed by atoms with Crippen molar-refractivity contribution in [3.05, 3.63) is 42.0 Å². The number of nitrogens with two attached hydrogens (primary N) is 1. The maximum atomic E-state index is 13.2. The predicted molar refractivity (Wildman–Crippen MR) is 61.3 cm³/mol. The number of hydrogen-bond donors (Lipinski definition) is 2. The zero-order valence-corrected chi connectivity index (χ0v) is 9.95. The summed E-state index contributed by atoms with van der Waals surface area (Å²) < 4.78 is 43.6. The molecular weight excluding hydrogens is 261 g/mol. The summed E-state index contributed by atoms with van der Waals surface area (Å²) in [6.45, 7) is -0.0369. The van der Waals surface area contributed by atoms with Gasteiger partial charge in [-0.05, 0) is 18.2 Å². The van der Waals surface area contributed by atoms with E-state index in [4.69, 9.17) is 5.73 Å². The molecule has 0 spiro atoms. The topological polar surface area (TPSA) is 98.2 Å². The van der Waals surface area contributed by atoms with Gasteiger partial charge in [-0.1, -0.05) is 5.16 Å². The molecule has 1 aromatic carbocycles. The maximum absolute atomic E-state index is 13.2. The zero-order chi connectivity index (χ0) is 13.2. The van der Waals surface area contributed by atoms with Gasteiger partial charge in [-0.2, -0.15) is 0 Å². The fourth-order valence-corrected chi connectivity index (χ4v) is 2.27. The molecule has 0 aliphatic heterocycles. The minimum Gasteiger partial charge on any atom is -0.396 e. The molecule has 6 nitrogen and oxygen atoms in total. The number of sulfonamides is 1. The van der Waals surface area contributed by atoms with E-state index in [1.165, 1.54) is 24.5 Å². The van der Waals surface area contributed by atoms with E-state index in [-0.39, 0.29) is 17.1 Å². The van der Waals surface area contributed by atoms with E-state index in [0.717, 1.165) is 6.07 Å². The summed E-state index contributed by atoms with van der Waals surface area (Å²) in [6, 6.07) is 4.80. The van der Waals surface area contributed by atoms with Gasteiger partial charge in [0.05, 0.1) is 22.8 Å². The van der Waals surface area contributed by atoms with Crippen molar-refractivity contribution in [1.29, 1.82) is 0 Å². The van der Waals surface area contributed by atoms with E-state index in [0.29, 0.717) is 5.69 Å². The van der Waals surface area contributed by atoms with Crippen molar-refractivity contribution >= 4 is 15.7 Å². The number of nitrogen functional groups attached to an aromatic ring is 1. The Kier molecular flexibility index (Phi) is 3.30. The third-order valence-corrected chi connectivity index (χ3v) is 3.62. The summed E-state index contributed by atoms with van der Waals surface area (Å²) in [5, 5.41) is 3.55. The number of anilines is 1. The van der Waals surface area contributed by atoms with Crippen LogP contribution in [0, 0.1) is 5.82 Å². The van der Waals surface area contributed by atoms with Gasteiger partial charge < -0.3 is 10.3 Å². The van der Waals surface area contributed by atoms with Crippen LogP contribution in [-0.2, 0) is 16.6 Å². The van der Waals surface area contributed by atoms with Crippen LogP contribution in [0.1, 0.15) is 5.69 Å². The van der Waals surface area contributed by atoms with Crippen molar-refractivity contribution in [3.8, 4) is 0 Å². The standard InChI is InChI=1S/C10H10FN3O3S/c11-9-5-8(1-2-10(9)12)18(15,16)13-6-7-3-4-17-14-7/h1-5,13H,6,12H2. The van der Waals surface area contributed by atoms with E-state index in [9.17, 15) is 12.8 Å². The highest BCUT2D eigenvalue weighted by atomic mass is 32.2. The molecule has 0 aliphatic rings. The number of benzene rings is 1. The van der Waals surface area contributed by atoms with Crippen molar-refractivity contribution in [2.75, 3.05) is 5.73 Å². The molecule has 0 atom stereocenters. The Balaban J connectivity index is 2.17. The second-order valence-electron chi connectivity index (χ2n) is 3.50. The summed E-state index contributed by atoms with van der Waals surface area (Å²) >= 11 is 0. The van der Waals surface area contributed by atoms with Gasteiger partial charge in [-0.25, -0.2) is 17.5 Å². The van der Waals surface area contributed by atoms with E-state index in [1.54, 1.807) is 0 Å². The highest BCUT2D eigenvalue weighted by Gasteiger charge is 2.15. The first-order chi connectivity index (χ1) is 8.49. The summed E-state index contributed by atoms with van der Waals surface area (Å²) in [4.78, 5) is -0.197. The molecule has 0 fully saturated rings. The Labute approximate surface area is 103 Å². The molecule has 0 aliphatic carbocycles. The first kappa shape index (κ1) is 12.5. The number of nitrogens with zero attached hydrogens (tertiary/aromatic N) is 1. The van der Waals surface area contributed by atoms with Crippen LogP contribution in [-0.4, -0.2) is 13.6 Å². The summed E-state index contributed by atoms with van der Waals surface area (Å²) in [5.74, 6) is -0.778. The normalized spacial score (nSPS) is 11.6. The predicted octanol–water partition coefficient (Wildman–Crippen LogP) is 0.874. The second kappa shape index (κ2) is 4.75. The quantitative estimate of drug-likeness (QED) is 0.804. The summed E-state index contributed by atoms with van der Waals surface area (Å²) in [7, 11) is -3.80. The Morgan fingerprint density at radius 2 is 2.17 bits per heavy atom. The maximum Gasteiger partial charge on any atom is 0.241 e. The first-order valence-corrected chi connectivity index (χ1v) is 6.41. The van der Waals surface area contributed by atoms with Gasteiger partial charge in [0, 0.05) is 6.07 Å². The van der Waals surface area contributed by atoms with Crippen molar-refractivity contribution in [2.24, 2.45) is 0 Å². The van der Waals surface area contributed by atoms with Gasteiger partial charge in [0.1, 0.15) is 12.1 Å². The highest BCUT2D eigenvalue weighted by Crippen LogP contribution is 2.16. The zero-order valence-electron chi connectivity index (χ0n) is 9.13. The molecule has 3 N–H and O–H groups in total. The van der Waals surface area contributed by atoms with Crippen molar-refractivity contribution < 1.29 is 17.3 Å². The van der Waals surface area contributed by atoms with Crippen LogP contribution in [0.2, 0.25) is 0 Å². The first-order valence-electron chi connectivity index (χ1n) is 4.93. The molecule has 8 heteroatoms. The van der Waals surface area contributed by atoms with E-state index >= 15 is 0 Å². The lowest BCUT2D eigenvalue weighted by Gasteiger charge is -2.06. The van der Waals surface area contributed by atoms with E-state index < -0.39 is 15.8 Å². The Bertz CT molecular complexity index is 640. The van der Waals surface area contributed by atoms with E-state index in [1.807, 2.05) is 0 Å². The minimum absolute atomic E-state index is 0.0369. The monoisotopic (exact) mass is 271 g/mol. The Morgan fingerprint density at radius 1 is 1.39 bits per heavy atom. The van der Waals surface area contributed by atoms with Gasteiger partial charge in [-0.15, -0.1) is 0 Å². The molecule has 1 aromatic heterocycles. The van der Waals surface area contributed by atoms with Gasteiger partial charge in [0.2, 0.25) is 10.0 Å². The fourth-order valence-electron chi connectivity index (χ4n) is 1.26. The molecule has 0 amide bonds. The number of aromatic nitrogens is 1. The molecule has 2 aromatic rings. The summed E-state index contributed by atoms with van der Waals surface area (Å²) in [6.07, 6.45) is 1.33. The van der Waals surface area contributed by atoms with Crippen LogP contribution < -0.4 is 10.5 Å². The largest absolute Gasteiger partial charge is 0.396 e. The number of rotatable bonds is 4. The van der Waals surface area contributed by atoms with Crippen molar-refractivity contribution in [3.63, 3.8) is 0 Å². The average molecular weight is 271 g/mol. The van der Waals surface area contributed by atoms with Crippen LogP contribution in [0.4, 0.5) is 10.1 Å². The molecule has 0 radical (unpaired) electrons. The molecule has 0 bridgehead atoms. The second-order valence-corrected chi connectivity index (χ2v) is 5.27. The smallest absolute Gasteiger partial charge is 0.241 e. The molecular formula is C10H10FN3O3S. The number of halogens is 1. The third-order valence-electron chi connectivity index (χ3n) is 2.22. The molecule has 18 heavy (non-hydrogen) atoms. The van der Waals surface area contributed by atoms with Crippen molar-refractivity contribution in [1.82, 2.24) is 9.88 Å². The Hall–Kier alpha value is -1.93. The lowest BCUT2D eigenvalue weighted by Crippen LogP contribution is -2.23. The van der Waals surface area contributed by atoms with Gasteiger partial charge in [0.25, 0.3) is 0 Å². The lowest BCUT2D eigenvalue weighted by atomic mass is 10.3. The molecule has 0 saturated carbocycles. The molecule has 0 saturated heterocycles. The van der Waals surface area contributed by atoms with Crippen LogP contribution in [0.3, 0.4) is 0 Å². The minimum atomic E-state index is -3.80. The number of nitrogens with one attached hydrogen (secondary N) is 1. The van der Waals surface area contributed by atoms with Crippen LogP contribution in [0.5, 0.6) is 0 Å². The lowest BCUT2D eigenvalue weighted by molar-refractivity contribution is 0.411. The highest BCUT2D eigenvalue weighted by molar-refractivity contribution is 7.89. The third kappa shape index (κ3) is 2.66. The Morgan fingerprint density at radius 3 is 2.78 bits per heavy atom. The van der Waals surface area contributed by atoms with Crippen LogP contribution >= 0.6 is 0 Å².